The van der Waals surface area contributed by atoms with Crippen molar-refractivity contribution in [1.82, 2.24) is 0 Å². The molecule has 29 heavy (non-hydrogen) atoms. The largest absolute Gasteiger partial charge is 1.00 e. The first-order valence-electron chi connectivity index (χ1n) is 11.2. The maximum Gasteiger partial charge on any atom is 0.179 e. The summed E-state index contributed by atoms with van der Waals surface area (Å²) in [7, 11) is 4.15. The second-order valence-electron chi connectivity index (χ2n) is 9.66. The van der Waals surface area contributed by atoms with Crippen molar-refractivity contribution in [3.8, 4) is 11.8 Å². The predicted octanol–water partition coefficient (Wildman–Crippen LogP) is 1.11. The number of fused-ring (bicyclic) bond motifs is 3. The summed E-state index contributed by atoms with van der Waals surface area (Å²) in [4.78, 5) is 0. The zero-order valence-electron chi connectivity index (χ0n) is 18.0. The first-order chi connectivity index (χ1) is 13.5. The van der Waals surface area contributed by atoms with Gasteiger partial charge in [0.2, 0.25) is 0 Å². The summed E-state index contributed by atoms with van der Waals surface area (Å²) in [5.41, 5.74) is -0.553. The Morgan fingerprint density at radius 3 is 2.21 bits per heavy atom. The van der Waals surface area contributed by atoms with Gasteiger partial charge in [0.25, 0.3) is 0 Å². The van der Waals surface area contributed by atoms with E-state index in [-0.39, 0.29) is 29.9 Å². The van der Waals surface area contributed by atoms with Crippen LogP contribution in [-0.2, 0) is 10.3 Å². The van der Waals surface area contributed by atoms with Gasteiger partial charge >= 0.3 is 0 Å². The third-order valence-electron chi connectivity index (χ3n) is 7.80. The molecule has 3 nitrogen and oxygen atoms in total. The molecule has 3 aliphatic heterocycles. The topological polar surface area (TPSA) is 29.5 Å². The Morgan fingerprint density at radius 2 is 1.66 bits per heavy atom. The Bertz CT molecular complexity index is 726. The van der Waals surface area contributed by atoms with Crippen molar-refractivity contribution in [3.63, 3.8) is 0 Å². The summed E-state index contributed by atoms with van der Waals surface area (Å²) in [5.74, 6) is 7.69. The van der Waals surface area contributed by atoms with Crippen LogP contribution in [0.3, 0.4) is 0 Å². The van der Waals surface area contributed by atoms with Crippen LogP contribution in [0.25, 0.3) is 0 Å². The van der Waals surface area contributed by atoms with Gasteiger partial charge in [0.15, 0.2) is 11.2 Å². The summed E-state index contributed by atoms with van der Waals surface area (Å²) < 4.78 is 7.17. The van der Waals surface area contributed by atoms with Crippen LogP contribution in [0.1, 0.15) is 56.9 Å². The third-order valence-corrected chi connectivity index (χ3v) is 7.80. The van der Waals surface area contributed by atoms with E-state index in [1.165, 1.54) is 51.6 Å². The molecule has 160 valence electrons. The van der Waals surface area contributed by atoms with E-state index < -0.39 is 11.2 Å². The number of ether oxygens (including phenoxy) is 1. The average molecular weight is 509 g/mol. The van der Waals surface area contributed by atoms with Crippen LogP contribution in [0.2, 0.25) is 0 Å². The lowest BCUT2D eigenvalue weighted by atomic mass is 9.72. The van der Waals surface area contributed by atoms with Gasteiger partial charge in [0.1, 0.15) is 6.54 Å². The first-order valence-corrected chi connectivity index (χ1v) is 11.2. The van der Waals surface area contributed by atoms with Gasteiger partial charge in [-0.15, -0.1) is 0 Å². The van der Waals surface area contributed by atoms with E-state index in [1.54, 1.807) is 0 Å². The molecule has 1 aromatic rings. The molecule has 1 saturated carbocycles. The van der Waals surface area contributed by atoms with Crippen molar-refractivity contribution in [2.75, 3.05) is 33.8 Å². The Morgan fingerprint density at radius 1 is 1.03 bits per heavy atom. The number of rotatable bonds is 3. The zero-order valence-corrected chi connectivity index (χ0v) is 20.2. The van der Waals surface area contributed by atoms with E-state index >= 15 is 0 Å². The summed E-state index contributed by atoms with van der Waals surface area (Å²) >= 11 is 0. The zero-order chi connectivity index (χ0) is 19.7. The second kappa shape index (κ2) is 9.26. The maximum atomic E-state index is 12.0. The maximum absolute atomic E-state index is 12.0. The highest BCUT2D eigenvalue weighted by Gasteiger charge is 2.54. The molecule has 1 N–H and O–H groups in total. The van der Waals surface area contributed by atoms with E-state index in [2.05, 4.69) is 18.9 Å². The number of hydrogen-bond donors (Lipinski definition) is 1. The van der Waals surface area contributed by atoms with Gasteiger partial charge in [-0.25, -0.2) is 0 Å². The third kappa shape index (κ3) is 4.54. The standard InChI is InChI=1S/C25H36NO2.HI/c1-26-18-14-21(15-19-26)24(20-26,28-2)16-17-25(27,23-12-8-5-9-13-23)22-10-6-3-4-7-11-22;/h5,8-9,12-13,21-22,27H,3-4,6-7,10-11,14-15,18-20H2,1-2H3;1H/q+1;/p-1/t21?,24-,25-,26?;/m1./s1. The van der Waals surface area contributed by atoms with E-state index in [0.29, 0.717) is 5.92 Å². The monoisotopic (exact) mass is 509 g/mol. The Kier molecular flexibility index (Phi) is 7.36. The molecule has 3 heterocycles. The van der Waals surface area contributed by atoms with Crippen LogP contribution < -0.4 is 24.0 Å². The smallest absolute Gasteiger partial charge is 0.179 e. The predicted molar refractivity (Wildman–Crippen MR) is 113 cm³/mol. The van der Waals surface area contributed by atoms with Gasteiger partial charge in [-0.3, -0.25) is 0 Å². The van der Waals surface area contributed by atoms with E-state index in [9.17, 15) is 5.11 Å². The summed E-state index contributed by atoms with van der Waals surface area (Å²) in [6.45, 7) is 3.39. The minimum absolute atomic E-state index is 0. The van der Waals surface area contributed by atoms with Crippen LogP contribution in [0.15, 0.2) is 30.3 Å². The molecule has 2 bridgehead atoms. The van der Waals surface area contributed by atoms with Crippen LogP contribution in [0, 0.1) is 23.7 Å². The summed E-state index contributed by atoms with van der Waals surface area (Å²) in [6.07, 6.45) is 9.37. The van der Waals surface area contributed by atoms with Gasteiger partial charge < -0.3 is 38.3 Å². The van der Waals surface area contributed by atoms with Gasteiger partial charge in [-0.1, -0.05) is 67.9 Å². The second-order valence-corrected chi connectivity index (χ2v) is 9.66. The van der Waals surface area contributed by atoms with E-state index in [0.717, 1.165) is 29.4 Å². The molecule has 4 fully saturated rings. The lowest BCUT2D eigenvalue weighted by Gasteiger charge is -2.54. The van der Waals surface area contributed by atoms with Crippen molar-refractivity contribution >= 4 is 0 Å². The molecule has 1 aromatic carbocycles. The Labute approximate surface area is 193 Å². The molecule has 0 amide bonds. The minimum atomic E-state index is -1.08. The number of nitrogens with zero attached hydrogens (tertiary/aromatic N) is 1. The summed E-state index contributed by atoms with van der Waals surface area (Å²) in [5, 5.41) is 12.0. The molecule has 3 saturated heterocycles. The first kappa shape index (κ1) is 23.1. The molecule has 1 aliphatic carbocycles. The van der Waals surface area contributed by atoms with Crippen molar-refractivity contribution in [2.45, 2.75) is 62.6 Å². The van der Waals surface area contributed by atoms with E-state index in [1.807, 2.05) is 37.4 Å². The quantitative estimate of drug-likeness (QED) is 0.287. The van der Waals surface area contributed by atoms with Gasteiger partial charge in [-0.2, -0.15) is 0 Å². The number of hydrogen-bond acceptors (Lipinski definition) is 2. The van der Waals surface area contributed by atoms with Gasteiger partial charge in [0.05, 0.1) is 20.1 Å². The molecule has 0 spiro atoms. The van der Waals surface area contributed by atoms with Crippen LogP contribution in [0.5, 0.6) is 0 Å². The fourth-order valence-corrected chi connectivity index (χ4v) is 5.94. The average Bonchev–Trinajstić information content (AvgIpc) is 3.03. The fraction of sp³-hybridized carbons (Fsp3) is 0.680. The number of benzene rings is 1. The number of likely N-dealkylation sites (N-methyl/N-ethyl adjacent to an activating group) is 1. The molecule has 0 unspecified atom stereocenters. The number of methoxy groups -OCH3 is 1. The number of aliphatic hydroxyl groups is 1. The summed E-state index contributed by atoms with van der Waals surface area (Å²) in [6, 6.07) is 10.1. The molecular weight excluding hydrogens is 473 g/mol. The van der Waals surface area contributed by atoms with Crippen LogP contribution in [-0.4, -0.2) is 49.0 Å². The number of halogens is 1. The van der Waals surface area contributed by atoms with Crippen molar-refractivity contribution in [1.29, 1.82) is 0 Å². The van der Waals surface area contributed by atoms with Gasteiger partial charge in [0, 0.05) is 31.8 Å². The number of piperidine rings is 3. The van der Waals surface area contributed by atoms with Crippen LogP contribution in [0.4, 0.5) is 0 Å². The van der Waals surface area contributed by atoms with E-state index in [4.69, 9.17) is 4.74 Å². The lowest BCUT2D eigenvalue weighted by Crippen LogP contribution is -3.00. The van der Waals surface area contributed by atoms with Crippen molar-refractivity contribution < 1.29 is 38.3 Å². The normalized spacial score (nSPS) is 34.2. The SMILES string of the molecule is CO[C@]1(C#C[C@](O)(c2ccccc2)C2CCCCCC2)C[N+]2(C)CCC1CC2.[I-]. The molecule has 5 rings (SSSR count). The highest BCUT2D eigenvalue weighted by molar-refractivity contribution is 5.35. The van der Waals surface area contributed by atoms with Crippen LogP contribution >= 0.6 is 0 Å². The lowest BCUT2D eigenvalue weighted by molar-refractivity contribution is -0.931. The molecule has 4 heteroatoms. The molecular formula is C25H36INO2. The van der Waals surface area contributed by atoms with Crippen molar-refractivity contribution in [2.24, 2.45) is 11.8 Å². The molecule has 4 aliphatic rings. The molecule has 0 radical (unpaired) electrons. The Balaban J connectivity index is 0.00000240. The van der Waals surface area contributed by atoms with Gasteiger partial charge in [-0.05, 0) is 18.4 Å². The fourth-order valence-electron chi connectivity index (χ4n) is 5.94. The minimum Gasteiger partial charge on any atom is -1.00 e. The Hall–Kier alpha value is -0.610. The highest BCUT2D eigenvalue weighted by Crippen LogP contribution is 2.43. The highest BCUT2D eigenvalue weighted by atomic mass is 127. The molecule has 0 aromatic heterocycles. The van der Waals surface area contributed by atoms with Crippen molar-refractivity contribution in [3.05, 3.63) is 35.9 Å². The number of quaternary nitrogens is 1. The molecule has 2 atom stereocenters.